The van der Waals surface area contributed by atoms with E-state index < -0.39 is 38.3 Å². The van der Waals surface area contributed by atoms with Gasteiger partial charge in [-0.3, -0.25) is 0 Å². The molecule has 0 unspecified atom stereocenters. The minimum absolute atomic E-state index is 0. The molecule has 3 aromatic heterocycles. The summed E-state index contributed by atoms with van der Waals surface area (Å²) >= 11 is -3.57. The number of rotatable bonds is 6. The summed E-state index contributed by atoms with van der Waals surface area (Å²) in [5, 5.41) is 2.05. The zero-order valence-electron chi connectivity index (χ0n) is 33.1. The van der Waals surface area contributed by atoms with E-state index in [1.165, 1.54) is 14.4 Å². The van der Waals surface area contributed by atoms with Gasteiger partial charge in [0.05, 0.1) is 0 Å². The SMILES string of the molecule is [2H]C([2H])(c1ccnc(-c2[c-]ccc3c2oc2cc(-c4cc[c]([Ge]([CH3])([CH3])[CH3])cc4)ccc23)c1)C(C)(C)C.[CH3][Ge]([CH3])([CH3])[c]1ccc(-c2[c-]cccc2)nc1.[Ir]. The van der Waals surface area contributed by atoms with E-state index in [-0.39, 0.29) is 20.1 Å². The van der Waals surface area contributed by atoms with Crippen molar-refractivity contribution in [2.75, 3.05) is 0 Å². The maximum Gasteiger partial charge on any atom is 0 e. The van der Waals surface area contributed by atoms with E-state index in [9.17, 15) is 0 Å². The van der Waals surface area contributed by atoms with E-state index in [2.05, 4.69) is 111 Å². The molecule has 0 spiro atoms. The van der Waals surface area contributed by atoms with Crippen LogP contribution in [0.2, 0.25) is 34.5 Å². The van der Waals surface area contributed by atoms with Crippen molar-refractivity contribution in [1.29, 1.82) is 0 Å². The van der Waals surface area contributed by atoms with Gasteiger partial charge in [0.2, 0.25) is 0 Å². The second kappa shape index (κ2) is 15.8. The number of pyridine rings is 2. The molecule has 0 saturated heterocycles. The van der Waals surface area contributed by atoms with Crippen LogP contribution in [-0.2, 0) is 26.5 Å². The predicted octanol–water partition coefficient (Wildman–Crippen LogP) is 11.3. The van der Waals surface area contributed by atoms with Crippen LogP contribution in [0.3, 0.4) is 0 Å². The smallest absolute Gasteiger partial charge is 0 e. The first kappa shape index (κ1) is 36.1. The molecule has 4 aromatic carbocycles. The van der Waals surface area contributed by atoms with Gasteiger partial charge in [-0.25, -0.2) is 0 Å². The minimum atomic E-state index is -1.85. The maximum atomic E-state index is 8.69. The molecule has 0 amide bonds. The Hall–Kier alpha value is -3.28. The van der Waals surface area contributed by atoms with Crippen molar-refractivity contribution in [2.24, 2.45) is 5.41 Å². The van der Waals surface area contributed by atoms with Crippen LogP contribution in [0.15, 0.2) is 120 Å². The first-order chi connectivity index (χ1) is 24.4. The number of aromatic nitrogens is 2. The summed E-state index contributed by atoms with van der Waals surface area (Å²) < 4.78 is 26.7. The number of furan rings is 1. The summed E-state index contributed by atoms with van der Waals surface area (Å²) in [6.45, 7) is 5.74. The third-order valence-corrected chi connectivity index (χ3v) is 17.3. The summed E-state index contributed by atoms with van der Waals surface area (Å²) in [6, 6.07) is 41.7. The van der Waals surface area contributed by atoms with E-state index in [0.717, 1.165) is 44.3 Å². The normalized spacial score (nSPS) is 12.8. The van der Waals surface area contributed by atoms with Gasteiger partial charge in [0, 0.05) is 29.0 Å². The monoisotopic (exact) mass is 975 g/mol. The molecule has 51 heavy (non-hydrogen) atoms. The van der Waals surface area contributed by atoms with Gasteiger partial charge in [-0.15, -0.1) is 0 Å². The predicted molar refractivity (Wildman–Crippen MR) is 219 cm³/mol. The largest absolute Gasteiger partial charge is 0 e. The summed E-state index contributed by atoms with van der Waals surface area (Å²) in [4.78, 5) is 9.10. The molecule has 0 atom stereocenters. The molecular formula is C45H48Ge2IrN2O-2. The van der Waals surface area contributed by atoms with Gasteiger partial charge in [-0.2, -0.15) is 0 Å². The first-order valence-electron chi connectivity index (χ1n) is 18.3. The number of nitrogens with zero attached hydrogens (tertiary/aromatic N) is 2. The molecule has 6 heteroatoms. The molecule has 0 aliphatic rings. The Bertz CT molecular complexity index is 2320. The molecular weight excluding hydrogens is 922 g/mol. The standard InChI is InChI=1S/C31H32GeNO.C14H16GeN.Ir/c1-31(2,3)20-21-16-17-33-28(18-21)27-9-7-8-26-25-15-12-23(19-29(25)34-30(26)27)22-10-13-24(14-11-22)32(4,5)6;1-15(2,3)13-9-10-14(16-11-13)12-7-5-4-6-8-12;/h7-8,10-19H,20H2,1-6H3;4-7,9-11H,1-3H3;/q2*-1;/i20D2;;. The number of benzene rings is 4. The third kappa shape index (κ3) is 9.59. The van der Waals surface area contributed by atoms with Gasteiger partial charge in [-0.05, 0) is 17.9 Å². The fourth-order valence-corrected chi connectivity index (χ4v) is 10.5. The molecule has 0 N–H and O–H groups in total. The second-order valence-corrected chi connectivity index (χ2v) is 37.3. The van der Waals surface area contributed by atoms with Crippen LogP contribution in [0.4, 0.5) is 0 Å². The molecule has 0 bridgehead atoms. The van der Waals surface area contributed by atoms with Crippen molar-refractivity contribution in [2.45, 2.75) is 61.7 Å². The number of fused-ring (bicyclic) bond motifs is 3. The van der Waals surface area contributed by atoms with E-state index >= 15 is 0 Å². The molecule has 0 fully saturated rings. The van der Waals surface area contributed by atoms with Gasteiger partial charge in [0.15, 0.2) is 0 Å². The van der Waals surface area contributed by atoms with E-state index in [1.807, 2.05) is 69.4 Å². The quantitative estimate of drug-likeness (QED) is 0.123. The molecule has 263 valence electrons. The topological polar surface area (TPSA) is 38.9 Å². The van der Waals surface area contributed by atoms with Gasteiger partial charge in [-0.1, -0.05) is 26.3 Å². The molecule has 0 saturated carbocycles. The second-order valence-electron chi connectivity index (χ2n) is 16.0. The summed E-state index contributed by atoms with van der Waals surface area (Å²) in [7, 11) is 0. The molecule has 0 aliphatic heterocycles. The molecule has 7 rings (SSSR count). The Balaban J connectivity index is 0.000000267. The zero-order chi connectivity index (χ0) is 37.5. The molecule has 1 radical (unpaired) electrons. The Labute approximate surface area is 326 Å². The van der Waals surface area contributed by atoms with Crippen molar-refractivity contribution < 1.29 is 27.3 Å². The molecule has 3 nitrogen and oxygen atoms in total. The summed E-state index contributed by atoms with van der Waals surface area (Å²) in [5.41, 5.74) is 7.39. The van der Waals surface area contributed by atoms with Crippen molar-refractivity contribution in [1.82, 2.24) is 9.97 Å². The summed E-state index contributed by atoms with van der Waals surface area (Å²) in [5.74, 6) is 14.4. The van der Waals surface area contributed by atoms with Crippen LogP contribution in [0.5, 0.6) is 0 Å². The van der Waals surface area contributed by atoms with E-state index in [4.69, 9.17) is 7.16 Å². The van der Waals surface area contributed by atoms with Crippen molar-refractivity contribution >= 4 is 57.3 Å². The van der Waals surface area contributed by atoms with E-state index in [1.54, 1.807) is 12.3 Å². The third-order valence-electron chi connectivity index (χ3n) is 8.67. The van der Waals surface area contributed by atoms with Crippen molar-refractivity contribution in [3.8, 4) is 33.6 Å². The number of hydrogen-bond donors (Lipinski definition) is 0. The van der Waals surface area contributed by atoms with Crippen molar-refractivity contribution in [3.05, 3.63) is 133 Å². The van der Waals surface area contributed by atoms with Crippen LogP contribution < -0.4 is 8.79 Å². The Morgan fingerprint density at radius 3 is 2.02 bits per heavy atom. The van der Waals surface area contributed by atoms with Crippen LogP contribution in [-0.4, -0.2) is 36.5 Å². The van der Waals surface area contributed by atoms with Gasteiger partial charge >= 0.3 is 255 Å². The zero-order valence-corrected chi connectivity index (χ0v) is 37.7. The molecule has 0 aliphatic carbocycles. The van der Waals surface area contributed by atoms with E-state index in [0.29, 0.717) is 11.3 Å². The fourth-order valence-electron chi connectivity index (χ4n) is 5.90. The van der Waals surface area contributed by atoms with Gasteiger partial charge in [0.1, 0.15) is 0 Å². The van der Waals surface area contributed by atoms with Gasteiger partial charge in [0.25, 0.3) is 0 Å². The Morgan fingerprint density at radius 1 is 0.686 bits per heavy atom. The van der Waals surface area contributed by atoms with Crippen molar-refractivity contribution in [3.63, 3.8) is 0 Å². The average molecular weight is 972 g/mol. The average Bonchev–Trinajstić information content (AvgIpc) is 3.49. The van der Waals surface area contributed by atoms with Crippen LogP contribution in [0.1, 0.15) is 29.1 Å². The number of hydrogen-bond acceptors (Lipinski definition) is 3. The Kier molecular flexibility index (Phi) is 11.1. The molecule has 3 heterocycles. The first-order valence-corrected chi connectivity index (χ1v) is 32.0. The minimum Gasteiger partial charge on any atom is 0 e. The van der Waals surface area contributed by atoms with Crippen LogP contribution in [0.25, 0.3) is 55.6 Å². The summed E-state index contributed by atoms with van der Waals surface area (Å²) in [6.07, 6.45) is 2.20. The fraction of sp³-hybridized carbons (Fsp3) is 0.244. The van der Waals surface area contributed by atoms with Crippen LogP contribution in [0, 0.1) is 17.5 Å². The van der Waals surface area contributed by atoms with Gasteiger partial charge < -0.3 is 0 Å². The molecule has 7 aromatic rings. The maximum absolute atomic E-state index is 8.69. The van der Waals surface area contributed by atoms with Crippen LogP contribution >= 0.6 is 0 Å². The Morgan fingerprint density at radius 2 is 1.39 bits per heavy atom.